The molecule has 0 aliphatic carbocycles. The first-order valence-electron chi connectivity index (χ1n) is 5.80. The van der Waals surface area contributed by atoms with Crippen molar-refractivity contribution in [3.8, 4) is 0 Å². The molecule has 0 spiro atoms. The van der Waals surface area contributed by atoms with Crippen molar-refractivity contribution in [3.05, 3.63) is 28.1 Å². The summed E-state index contributed by atoms with van der Waals surface area (Å²) in [6.07, 6.45) is 1.48. The quantitative estimate of drug-likeness (QED) is 0.280. The van der Waals surface area contributed by atoms with Crippen molar-refractivity contribution in [1.82, 2.24) is 25.6 Å². The molecule has 2 atom stereocenters. The van der Waals surface area contributed by atoms with Gasteiger partial charge in [-0.25, -0.2) is 10.4 Å². The van der Waals surface area contributed by atoms with Gasteiger partial charge in [-0.2, -0.15) is 0 Å². The van der Waals surface area contributed by atoms with Crippen LogP contribution in [0.1, 0.15) is 10.5 Å². The zero-order valence-electron chi connectivity index (χ0n) is 11.1. The van der Waals surface area contributed by atoms with Gasteiger partial charge in [0.1, 0.15) is 12.0 Å². The molecule has 1 fully saturated rings. The van der Waals surface area contributed by atoms with E-state index in [9.17, 15) is 14.9 Å². The van der Waals surface area contributed by atoms with Crippen molar-refractivity contribution in [1.29, 1.82) is 0 Å². The third-order valence-corrected chi connectivity index (χ3v) is 2.83. The molecule has 0 saturated carbocycles. The molecule has 0 bridgehead atoms. The summed E-state index contributed by atoms with van der Waals surface area (Å²) in [5, 5.41) is 18.3. The van der Waals surface area contributed by atoms with E-state index in [-0.39, 0.29) is 36.0 Å². The monoisotopic (exact) mass is 304 g/mol. The molecule has 1 amide bonds. The number of hydrogen-bond acceptors (Lipinski definition) is 6. The van der Waals surface area contributed by atoms with Crippen molar-refractivity contribution in [2.24, 2.45) is 7.05 Å². The molecule has 3 N–H and O–H groups in total. The molecule has 2 rings (SSSR count). The lowest BCUT2D eigenvalue weighted by molar-refractivity contribution is -0.384. The Labute approximate surface area is 121 Å². The fraction of sp³-hybridized carbons (Fsp3) is 0.500. The van der Waals surface area contributed by atoms with Crippen LogP contribution >= 0.6 is 12.4 Å². The van der Waals surface area contributed by atoms with Gasteiger partial charge in [-0.15, -0.1) is 12.4 Å². The normalized spacial score (nSPS) is 20.1. The Morgan fingerprint density at radius 1 is 1.50 bits per heavy atom. The molecule has 9 nitrogen and oxygen atoms in total. The average molecular weight is 305 g/mol. The molecule has 1 aromatic rings. The number of nitro groups is 1. The summed E-state index contributed by atoms with van der Waals surface area (Å²) in [5.41, 5.74) is 3.19. The molecule has 1 aromatic heterocycles. The number of halogens is 1. The maximum absolute atomic E-state index is 11.8. The van der Waals surface area contributed by atoms with Crippen LogP contribution in [0.15, 0.2) is 12.3 Å². The number of rotatable bonds is 6. The first-order valence-corrected chi connectivity index (χ1v) is 5.80. The van der Waals surface area contributed by atoms with E-state index in [1.54, 1.807) is 7.05 Å². The summed E-state index contributed by atoms with van der Waals surface area (Å²) < 4.78 is 1.44. The number of carbonyl (C=O) groups excluding carboxylic acids is 1. The van der Waals surface area contributed by atoms with Gasteiger partial charge in [-0.05, 0) is 0 Å². The predicted molar refractivity (Wildman–Crippen MR) is 74.3 cm³/mol. The second kappa shape index (κ2) is 6.66. The summed E-state index contributed by atoms with van der Waals surface area (Å²) in [4.78, 5) is 21.9. The lowest BCUT2D eigenvalue weighted by Crippen LogP contribution is -2.34. The van der Waals surface area contributed by atoms with Gasteiger partial charge in [0.2, 0.25) is 0 Å². The summed E-state index contributed by atoms with van der Waals surface area (Å²) in [7, 11) is 3.50. The standard InChI is InChI=1S/C10H16N6O3.ClH/c1-14-6-7(16(18)19)5-8(14)9(17)11-3-4-12-10-13-15(10)2;/h5-6,10,12-13H,3-4H2,1-2H3,(H,11,17);1H. The number of aryl methyl sites for hydroxylation is 1. The molecule has 2 unspecified atom stereocenters. The van der Waals surface area contributed by atoms with Gasteiger partial charge in [0.25, 0.3) is 11.6 Å². The van der Waals surface area contributed by atoms with Crippen molar-refractivity contribution in [2.75, 3.05) is 20.1 Å². The van der Waals surface area contributed by atoms with Gasteiger partial charge in [0.15, 0.2) is 0 Å². The van der Waals surface area contributed by atoms with E-state index < -0.39 is 4.92 Å². The maximum Gasteiger partial charge on any atom is 0.287 e. The smallest absolute Gasteiger partial charge is 0.287 e. The Bertz CT molecular complexity index is 505. The first-order chi connectivity index (χ1) is 8.99. The minimum atomic E-state index is -0.521. The SMILES string of the molecule is CN1NC1NCCNC(=O)c1cc([N+](=O)[O-])cn1C.Cl. The molecular weight excluding hydrogens is 288 g/mol. The van der Waals surface area contributed by atoms with Crippen LogP contribution in [-0.2, 0) is 7.05 Å². The van der Waals surface area contributed by atoms with E-state index in [0.29, 0.717) is 13.1 Å². The third kappa shape index (κ3) is 3.90. The number of nitrogens with one attached hydrogen (secondary N) is 3. The van der Waals surface area contributed by atoms with Crippen LogP contribution in [0.5, 0.6) is 0 Å². The fourth-order valence-electron chi connectivity index (χ4n) is 1.69. The second-order valence-corrected chi connectivity index (χ2v) is 4.30. The second-order valence-electron chi connectivity index (χ2n) is 4.30. The van der Waals surface area contributed by atoms with Crippen LogP contribution < -0.4 is 16.1 Å². The Hall–Kier alpha value is -1.68. The lowest BCUT2D eigenvalue weighted by Gasteiger charge is -2.05. The zero-order chi connectivity index (χ0) is 14.0. The topological polar surface area (TPSA) is 114 Å². The molecule has 2 heterocycles. The van der Waals surface area contributed by atoms with E-state index in [1.165, 1.54) is 16.8 Å². The summed E-state index contributed by atoms with van der Waals surface area (Å²) in [6, 6.07) is 1.26. The van der Waals surface area contributed by atoms with Crippen LogP contribution in [-0.4, -0.2) is 46.8 Å². The molecule has 1 saturated heterocycles. The Balaban J connectivity index is 0.00000200. The van der Waals surface area contributed by atoms with Crippen molar-refractivity contribution < 1.29 is 9.72 Å². The van der Waals surface area contributed by atoms with E-state index in [4.69, 9.17) is 0 Å². The number of carbonyl (C=O) groups is 1. The molecule has 10 heteroatoms. The van der Waals surface area contributed by atoms with Crippen LogP contribution in [0.25, 0.3) is 0 Å². The van der Waals surface area contributed by atoms with E-state index in [2.05, 4.69) is 16.1 Å². The van der Waals surface area contributed by atoms with Crippen LogP contribution in [0.2, 0.25) is 0 Å². The van der Waals surface area contributed by atoms with Gasteiger partial charge >= 0.3 is 0 Å². The van der Waals surface area contributed by atoms with Gasteiger partial charge < -0.3 is 9.88 Å². The summed E-state index contributed by atoms with van der Waals surface area (Å²) >= 11 is 0. The fourth-order valence-corrected chi connectivity index (χ4v) is 1.69. The highest BCUT2D eigenvalue weighted by atomic mass is 35.5. The van der Waals surface area contributed by atoms with E-state index >= 15 is 0 Å². The van der Waals surface area contributed by atoms with Gasteiger partial charge in [0.05, 0.1) is 11.1 Å². The number of aromatic nitrogens is 1. The number of hydrogen-bond donors (Lipinski definition) is 3. The molecule has 1 aliphatic heterocycles. The lowest BCUT2D eigenvalue weighted by atomic mass is 10.4. The molecule has 20 heavy (non-hydrogen) atoms. The molecule has 112 valence electrons. The molecule has 0 aromatic carbocycles. The minimum Gasteiger partial charge on any atom is -0.349 e. The van der Waals surface area contributed by atoms with Crippen LogP contribution in [0, 0.1) is 10.1 Å². The number of hydrazine groups is 1. The Morgan fingerprint density at radius 2 is 2.15 bits per heavy atom. The third-order valence-electron chi connectivity index (χ3n) is 2.83. The highest BCUT2D eigenvalue weighted by Gasteiger charge is 2.27. The highest BCUT2D eigenvalue weighted by Crippen LogP contribution is 2.14. The van der Waals surface area contributed by atoms with E-state index in [1.807, 2.05) is 12.1 Å². The van der Waals surface area contributed by atoms with Crippen LogP contribution in [0.3, 0.4) is 0 Å². The van der Waals surface area contributed by atoms with E-state index in [0.717, 1.165) is 0 Å². The predicted octanol–water partition coefficient (Wildman–Crippen LogP) is -0.592. The van der Waals surface area contributed by atoms with Gasteiger partial charge in [-0.1, -0.05) is 0 Å². The summed E-state index contributed by atoms with van der Waals surface area (Å²) in [6.45, 7) is 1.06. The van der Waals surface area contributed by atoms with Gasteiger partial charge in [-0.3, -0.25) is 20.2 Å². The minimum absolute atomic E-state index is 0. The van der Waals surface area contributed by atoms with Crippen molar-refractivity contribution in [3.63, 3.8) is 0 Å². The first kappa shape index (κ1) is 16.4. The van der Waals surface area contributed by atoms with Gasteiger partial charge in [0, 0.05) is 33.3 Å². The molecular formula is C10H17ClN6O3. The van der Waals surface area contributed by atoms with Crippen LogP contribution in [0.4, 0.5) is 5.69 Å². The maximum atomic E-state index is 11.8. The highest BCUT2D eigenvalue weighted by molar-refractivity contribution is 5.93. The Kier molecular flexibility index (Phi) is 5.45. The Morgan fingerprint density at radius 3 is 2.65 bits per heavy atom. The summed E-state index contributed by atoms with van der Waals surface area (Å²) in [5.74, 6) is -0.325. The number of nitrogens with zero attached hydrogens (tertiary/aromatic N) is 3. The zero-order valence-corrected chi connectivity index (χ0v) is 11.9. The molecule has 1 aliphatic rings. The average Bonchev–Trinajstić information content (AvgIpc) is 2.89. The number of amides is 1. The van der Waals surface area contributed by atoms with Crippen molar-refractivity contribution in [2.45, 2.75) is 6.29 Å². The molecule has 0 radical (unpaired) electrons. The van der Waals surface area contributed by atoms with Crippen molar-refractivity contribution >= 4 is 24.0 Å². The largest absolute Gasteiger partial charge is 0.349 e.